The number of hydrogen-bond acceptors (Lipinski definition) is 5. The highest BCUT2D eigenvalue weighted by molar-refractivity contribution is 14.0. The van der Waals surface area contributed by atoms with Gasteiger partial charge in [-0.2, -0.15) is 0 Å². The summed E-state index contributed by atoms with van der Waals surface area (Å²) in [4.78, 5) is 23.9. The van der Waals surface area contributed by atoms with Crippen LogP contribution in [-0.2, 0) is 17.9 Å². The van der Waals surface area contributed by atoms with Gasteiger partial charge in [-0.15, -0.1) is 35.3 Å². The second kappa shape index (κ2) is 11.3. The van der Waals surface area contributed by atoms with E-state index in [2.05, 4.69) is 20.6 Å². The summed E-state index contributed by atoms with van der Waals surface area (Å²) in [5.74, 6) is 1.56. The van der Waals surface area contributed by atoms with Crippen molar-refractivity contribution in [3.8, 4) is 10.8 Å². The minimum absolute atomic E-state index is 0. The number of carbonyl (C=O) groups is 1. The van der Waals surface area contributed by atoms with Crippen molar-refractivity contribution in [3.63, 3.8) is 0 Å². The number of amides is 1. The molecule has 0 radical (unpaired) electrons. The van der Waals surface area contributed by atoms with Crippen LogP contribution in [0.2, 0.25) is 0 Å². The van der Waals surface area contributed by atoms with E-state index in [-0.39, 0.29) is 29.9 Å². The molecule has 7 nitrogen and oxygen atoms in total. The molecule has 0 aliphatic carbocycles. The number of carbonyl (C=O) groups excluding carboxylic acids is 1. The summed E-state index contributed by atoms with van der Waals surface area (Å²) in [6.07, 6.45) is 3.25. The molecule has 1 fully saturated rings. The van der Waals surface area contributed by atoms with Crippen LogP contribution in [0.25, 0.3) is 10.8 Å². The quantitative estimate of drug-likeness (QED) is 0.259. The average Bonchev–Trinajstić information content (AvgIpc) is 3.52. The summed E-state index contributed by atoms with van der Waals surface area (Å²) in [5.41, 5.74) is 2.87. The highest BCUT2D eigenvalue weighted by atomic mass is 127. The van der Waals surface area contributed by atoms with Crippen molar-refractivity contribution in [3.05, 3.63) is 59.3 Å². The maximum Gasteiger partial charge on any atom is 0.236 e. The zero-order valence-corrected chi connectivity index (χ0v) is 20.5. The van der Waals surface area contributed by atoms with Gasteiger partial charge in [0.1, 0.15) is 6.26 Å². The van der Waals surface area contributed by atoms with Crippen LogP contribution in [0, 0.1) is 0 Å². The Kier molecular flexibility index (Phi) is 8.47. The Labute approximate surface area is 203 Å². The van der Waals surface area contributed by atoms with Crippen molar-refractivity contribution in [2.45, 2.75) is 32.9 Å². The lowest BCUT2D eigenvalue weighted by Crippen LogP contribution is -2.36. The Morgan fingerprint density at radius 3 is 2.77 bits per heavy atom. The Hall–Kier alpha value is -2.40. The normalized spacial score (nSPS) is 13.9. The molecular weight excluding hydrogens is 525 g/mol. The molecule has 0 saturated carbocycles. The second-order valence-corrected chi connectivity index (χ2v) is 7.93. The van der Waals surface area contributed by atoms with E-state index in [9.17, 15) is 4.79 Å². The first-order chi connectivity index (χ1) is 14.7. The zero-order chi connectivity index (χ0) is 20.8. The third-order valence-corrected chi connectivity index (χ3v) is 5.66. The van der Waals surface area contributed by atoms with E-state index in [1.807, 2.05) is 53.6 Å². The fourth-order valence-electron chi connectivity index (χ4n) is 3.29. The summed E-state index contributed by atoms with van der Waals surface area (Å²) < 4.78 is 5.56. The molecule has 3 heterocycles. The first-order valence-electron chi connectivity index (χ1n) is 10.1. The number of guanidine groups is 1. The molecule has 0 bridgehead atoms. The van der Waals surface area contributed by atoms with Gasteiger partial charge in [0, 0.05) is 25.2 Å². The molecular formula is C22H26IN5O2S. The molecule has 1 aliphatic heterocycles. The van der Waals surface area contributed by atoms with E-state index in [1.54, 1.807) is 17.6 Å². The molecule has 1 amide bonds. The third kappa shape index (κ3) is 6.07. The molecule has 31 heavy (non-hydrogen) atoms. The molecule has 3 aromatic rings. The number of nitrogens with one attached hydrogen (secondary N) is 2. The maximum absolute atomic E-state index is 11.9. The van der Waals surface area contributed by atoms with Crippen molar-refractivity contribution in [2.75, 3.05) is 18.0 Å². The number of thiophene rings is 1. The van der Waals surface area contributed by atoms with Gasteiger partial charge in [0.05, 0.1) is 23.7 Å². The number of benzene rings is 1. The fraction of sp³-hybridized carbons (Fsp3) is 0.318. The summed E-state index contributed by atoms with van der Waals surface area (Å²) in [5, 5.41) is 8.55. The molecule has 0 atom stereocenters. The number of aliphatic imine (C=N–C) groups is 1. The van der Waals surface area contributed by atoms with Crippen LogP contribution in [0.5, 0.6) is 0 Å². The van der Waals surface area contributed by atoms with Gasteiger partial charge in [-0.25, -0.2) is 9.98 Å². The predicted octanol–water partition coefficient (Wildman–Crippen LogP) is 4.40. The van der Waals surface area contributed by atoms with Crippen LogP contribution < -0.4 is 15.5 Å². The molecule has 0 unspecified atom stereocenters. The molecule has 164 valence electrons. The lowest BCUT2D eigenvalue weighted by atomic mass is 10.2. The zero-order valence-electron chi connectivity index (χ0n) is 17.3. The number of rotatable bonds is 7. The van der Waals surface area contributed by atoms with Gasteiger partial charge in [-0.1, -0.05) is 18.2 Å². The monoisotopic (exact) mass is 551 g/mol. The highest BCUT2D eigenvalue weighted by Crippen LogP contribution is 2.24. The van der Waals surface area contributed by atoms with E-state index < -0.39 is 0 Å². The smallest absolute Gasteiger partial charge is 0.236 e. The Morgan fingerprint density at radius 2 is 2.10 bits per heavy atom. The van der Waals surface area contributed by atoms with Crippen molar-refractivity contribution in [2.24, 2.45) is 4.99 Å². The molecule has 1 aromatic carbocycles. The van der Waals surface area contributed by atoms with E-state index in [0.29, 0.717) is 25.4 Å². The van der Waals surface area contributed by atoms with E-state index >= 15 is 0 Å². The van der Waals surface area contributed by atoms with Crippen LogP contribution >= 0.6 is 35.3 Å². The molecule has 0 spiro atoms. The average molecular weight is 551 g/mol. The Bertz CT molecular complexity index is 1000. The first-order valence-corrected chi connectivity index (χ1v) is 11.0. The third-order valence-electron chi connectivity index (χ3n) is 4.81. The molecule has 2 N–H and O–H groups in total. The van der Waals surface area contributed by atoms with Crippen LogP contribution in [0.3, 0.4) is 0 Å². The minimum atomic E-state index is 0. The van der Waals surface area contributed by atoms with Crippen molar-refractivity contribution < 1.29 is 9.21 Å². The summed E-state index contributed by atoms with van der Waals surface area (Å²) >= 11 is 1.60. The van der Waals surface area contributed by atoms with Gasteiger partial charge in [-0.05, 0) is 42.5 Å². The topological polar surface area (TPSA) is 82.8 Å². The second-order valence-electron chi connectivity index (χ2n) is 6.99. The molecule has 9 heteroatoms. The first kappa shape index (κ1) is 23.3. The fourth-order valence-corrected chi connectivity index (χ4v) is 3.95. The number of nitrogens with zero attached hydrogens (tertiary/aromatic N) is 3. The Balaban J connectivity index is 0.00000272. The standard InChI is InChI=1S/C22H25N5O2S.HI/c1-2-23-22(25-14-17-15-29-21(26-17)19-5-4-12-30-19)24-13-16-7-9-18(10-8-16)27-11-3-6-20(27)28;/h4-5,7-10,12,15H,2-3,6,11,13-14H2,1H3,(H2,23,24,25);1H. The Morgan fingerprint density at radius 1 is 1.26 bits per heavy atom. The summed E-state index contributed by atoms with van der Waals surface area (Å²) in [7, 11) is 0. The van der Waals surface area contributed by atoms with E-state index in [0.717, 1.165) is 47.3 Å². The molecule has 4 rings (SSSR count). The molecule has 1 aliphatic rings. The summed E-state index contributed by atoms with van der Waals surface area (Å²) in [6.45, 7) is 4.67. The number of halogens is 1. The predicted molar refractivity (Wildman–Crippen MR) is 135 cm³/mol. The van der Waals surface area contributed by atoms with Crippen LogP contribution in [0.1, 0.15) is 31.0 Å². The van der Waals surface area contributed by atoms with Gasteiger partial charge >= 0.3 is 0 Å². The number of anilines is 1. The van der Waals surface area contributed by atoms with E-state index in [1.165, 1.54) is 0 Å². The number of hydrogen-bond donors (Lipinski definition) is 2. The van der Waals surface area contributed by atoms with Crippen molar-refractivity contribution in [1.29, 1.82) is 0 Å². The lowest BCUT2D eigenvalue weighted by molar-refractivity contribution is -0.117. The largest absolute Gasteiger partial charge is 0.443 e. The van der Waals surface area contributed by atoms with Crippen LogP contribution in [0.4, 0.5) is 5.69 Å². The number of aromatic nitrogens is 1. The molecule has 1 saturated heterocycles. The van der Waals surface area contributed by atoms with Gasteiger partial charge in [0.15, 0.2) is 5.96 Å². The van der Waals surface area contributed by atoms with Gasteiger partial charge in [0.2, 0.25) is 11.8 Å². The SMILES string of the molecule is CCNC(=NCc1ccc(N2CCCC2=O)cc1)NCc1coc(-c2cccs2)n1.I. The van der Waals surface area contributed by atoms with Crippen molar-refractivity contribution >= 4 is 52.9 Å². The minimum Gasteiger partial charge on any atom is -0.443 e. The molecule has 2 aromatic heterocycles. The van der Waals surface area contributed by atoms with Gasteiger partial charge < -0.3 is 20.0 Å². The maximum atomic E-state index is 11.9. The van der Waals surface area contributed by atoms with Crippen molar-refractivity contribution in [1.82, 2.24) is 15.6 Å². The number of oxazole rings is 1. The summed E-state index contributed by atoms with van der Waals surface area (Å²) in [6, 6.07) is 12.0. The van der Waals surface area contributed by atoms with Crippen LogP contribution in [-0.4, -0.2) is 29.9 Å². The van der Waals surface area contributed by atoms with E-state index in [4.69, 9.17) is 4.42 Å². The lowest BCUT2D eigenvalue weighted by Gasteiger charge is -2.15. The van der Waals surface area contributed by atoms with Crippen LogP contribution in [0.15, 0.2) is 57.5 Å². The van der Waals surface area contributed by atoms with Gasteiger partial charge in [0.25, 0.3) is 0 Å². The highest BCUT2D eigenvalue weighted by Gasteiger charge is 2.21. The van der Waals surface area contributed by atoms with Gasteiger partial charge in [-0.3, -0.25) is 4.79 Å².